The summed E-state index contributed by atoms with van der Waals surface area (Å²) in [4.78, 5) is 11.9. The molecule has 10 radical (unpaired) electrons. The average molecular weight is 410 g/mol. The second-order valence-corrected chi connectivity index (χ2v) is 5.96. The van der Waals surface area contributed by atoms with Crippen molar-refractivity contribution in [3.63, 3.8) is 0 Å². The van der Waals surface area contributed by atoms with Gasteiger partial charge in [0.05, 0.1) is 5.92 Å². The van der Waals surface area contributed by atoms with Crippen LogP contribution in [0.2, 0.25) is 0 Å². The zero-order valence-corrected chi connectivity index (χ0v) is 16.2. The van der Waals surface area contributed by atoms with Gasteiger partial charge in [-0.25, -0.2) is 4.39 Å². The molecule has 2 aliphatic carbocycles. The van der Waals surface area contributed by atoms with Crippen LogP contribution in [0.1, 0.15) is 5.56 Å². The summed E-state index contributed by atoms with van der Waals surface area (Å²) in [6.07, 6.45) is 20.7. The van der Waals surface area contributed by atoms with E-state index < -0.39 is 0 Å². The molecule has 2 aliphatic rings. The molecule has 0 saturated heterocycles. The van der Waals surface area contributed by atoms with E-state index >= 15 is 0 Å². The maximum Gasteiger partial charge on any atom is 2.00 e. The van der Waals surface area contributed by atoms with E-state index in [-0.39, 0.29) is 28.7 Å². The SMILES string of the molecule is O=C(/C=C/c1ccc(-c2ccc(F)cc2)cc1)[C]1[CH][CH][CH][CH]1.[CH]1[CH][CH][CH][CH]1.[Fe+2]. The van der Waals surface area contributed by atoms with Crippen molar-refractivity contribution in [2.24, 2.45) is 0 Å². The van der Waals surface area contributed by atoms with E-state index in [1.807, 2.05) is 69.2 Å². The van der Waals surface area contributed by atoms with Gasteiger partial charge in [0.25, 0.3) is 0 Å². The molecule has 0 spiro atoms. The minimum absolute atomic E-state index is 0. The molecule has 0 unspecified atom stereocenters. The van der Waals surface area contributed by atoms with Gasteiger partial charge in [-0.1, -0.05) is 42.5 Å². The molecule has 0 bridgehead atoms. The Morgan fingerprint density at radius 2 is 1.14 bits per heavy atom. The minimum Gasteiger partial charge on any atom is -0.294 e. The van der Waals surface area contributed by atoms with Crippen molar-refractivity contribution in [1.29, 1.82) is 0 Å². The quantitative estimate of drug-likeness (QED) is 0.481. The summed E-state index contributed by atoms with van der Waals surface area (Å²) >= 11 is 0. The van der Waals surface area contributed by atoms with Gasteiger partial charge >= 0.3 is 17.1 Å². The van der Waals surface area contributed by atoms with Crippen molar-refractivity contribution in [1.82, 2.24) is 0 Å². The molecule has 3 heteroatoms. The molecule has 0 aromatic heterocycles. The third kappa shape index (κ3) is 7.04. The molecule has 28 heavy (non-hydrogen) atoms. The average Bonchev–Trinajstić information content (AvgIpc) is 3.44. The van der Waals surface area contributed by atoms with Crippen LogP contribution in [0.3, 0.4) is 0 Å². The Kier molecular flexibility index (Phi) is 9.67. The van der Waals surface area contributed by atoms with E-state index in [4.69, 9.17) is 0 Å². The Bertz CT molecular complexity index is 732. The fourth-order valence-corrected chi connectivity index (χ4v) is 2.56. The Morgan fingerprint density at radius 3 is 1.64 bits per heavy atom. The summed E-state index contributed by atoms with van der Waals surface area (Å²) in [6.45, 7) is 0. The van der Waals surface area contributed by atoms with Crippen LogP contribution in [0.5, 0.6) is 0 Å². The number of halogens is 1. The maximum atomic E-state index is 12.9. The molecule has 0 atom stereocenters. The molecule has 2 fully saturated rings. The largest absolute Gasteiger partial charge is 2.00 e. The van der Waals surface area contributed by atoms with Gasteiger partial charge in [0, 0.05) is 0 Å². The Morgan fingerprint density at radius 1 is 0.679 bits per heavy atom. The number of hydrogen-bond acceptors (Lipinski definition) is 1. The van der Waals surface area contributed by atoms with Crippen molar-refractivity contribution in [3.05, 3.63) is 130 Å². The second-order valence-electron chi connectivity index (χ2n) is 5.96. The monoisotopic (exact) mass is 410 g/mol. The van der Waals surface area contributed by atoms with Crippen LogP contribution >= 0.6 is 0 Å². The predicted molar refractivity (Wildman–Crippen MR) is 108 cm³/mol. The van der Waals surface area contributed by atoms with Gasteiger partial charge in [0.2, 0.25) is 0 Å². The summed E-state index contributed by atoms with van der Waals surface area (Å²) in [6, 6.07) is 14.2. The van der Waals surface area contributed by atoms with Crippen molar-refractivity contribution in [2.45, 2.75) is 0 Å². The van der Waals surface area contributed by atoms with E-state index in [0.29, 0.717) is 5.92 Å². The van der Waals surface area contributed by atoms with Crippen LogP contribution in [0, 0.1) is 69.5 Å². The topological polar surface area (TPSA) is 17.1 Å². The summed E-state index contributed by atoms with van der Waals surface area (Å²) in [5, 5.41) is 0. The summed E-state index contributed by atoms with van der Waals surface area (Å²) < 4.78 is 12.9. The number of benzene rings is 2. The Balaban J connectivity index is 0.000000408. The molecule has 138 valence electrons. The molecule has 0 heterocycles. The first-order chi connectivity index (χ1) is 13.2. The standard InChI is InChI=1S/C20H14FO.C5H5.Fe/c21-19-12-10-17(11-13-19)16-8-5-15(6-9-16)7-14-20(22)18-3-1-2-4-18;1-2-4-5-3-1;/h1-14H;1-5H;/q;;+2/b14-7+;;. The van der Waals surface area contributed by atoms with Crippen molar-refractivity contribution in [3.8, 4) is 11.1 Å². The first-order valence-electron chi connectivity index (χ1n) is 8.69. The molecule has 0 amide bonds. The third-order valence-corrected chi connectivity index (χ3v) is 4.02. The number of hydrogen-bond donors (Lipinski definition) is 0. The van der Waals surface area contributed by atoms with Crippen LogP contribution in [-0.4, -0.2) is 5.78 Å². The zero-order valence-electron chi connectivity index (χ0n) is 15.1. The number of carbonyl (C=O) groups is 1. The summed E-state index contributed by atoms with van der Waals surface area (Å²) in [5.41, 5.74) is 2.93. The smallest absolute Gasteiger partial charge is 0.294 e. The van der Waals surface area contributed by atoms with Crippen LogP contribution in [-0.2, 0) is 21.9 Å². The van der Waals surface area contributed by atoms with Gasteiger partial charge in [-0.15, -0.1) is 0 Å². The first kappa shape index (κ1) is 22.6. The Hall–Kier alpha value is -1.70. The van der Waals surface area contributed by atoms with E-state index in [0.717, 1.165) is 16.7 Å². The number of allylic oxidation sites excluding steroid dienone is 1. The number of rotatable bonds is 4. The fourth-order valence-electron chi connectivity index (χ4n) is 2.56. The molecular weight excluding hydrogens is 391 g/mol. The summed E-state index contributed by atoms with van der Waals surface area (Å²) in [7, 11) is 0. The fraction of sp³-hybridized carbons (Fsp3) is 0. The van der Waals surface area contributed by atoms with E-state index in [9.17, 15) is 9.18 Å². The van der Waals surface area contributed by atoms with Crippen LogP contribution in [0.25, 0.3) is 17.2 Å². The van der Waals surface area contributed by atoms with E-state index in [1.54, 1.807) is 37.1 Å². The van der Waals surface area contributed by atoms with E-state index in [1.165, 1.54) is 12.1 Å². The molecule has 0 aliphatic heterocycles. The molecule has 2 aromatic rings. The second kappa shape index (κ2) is 12.0. The van der Waals surface area contributed by atoms with E-state index in [2.05, 4.69) is 0 Å². The summed E-state index contributed by atoms with van der Waals surface area (Å²) in [5.74, 6) is 0.445. The van der Waals surface area contributed by atoms with Gasteiger partial charge in [0.15, 0.2) is 5.78 Å². The molecule has 2 saturated carbocycles. The van der Waals surface area contributed by atoms with Gasteiger partial charge in [-0.3, -0.25) is 4.79 Å². The molecular formula is C25H19FFeO+2. The maximum absolute atomic E-state index is 12.9. The minimum atomic E-state index is -0.241. The number of ketones is 1. The molecule has 1 nitrogen and oxygen atoms in total. The van der Waals surface area contributed by atoms with Crippen LogP contribution in [0.15, 0.2) is 54.6 Å². The van der Waals surface area contributed by atoms with Gasteiger partial charge in [0.1, 0.15) is 5.82 Å². The molecule has 2 aromatic carbocycles. The van der Waals surface area contributed by atoms with Crippen molar-refractivity contribution in [2.75, 3.05) is 0 Å². The van der Waals surface area contributed by atoms with Crippen molar-refractivity contribution >= 4 is 11.9 Å². The predicted octanol–water partition coefficient (Wildman–Crippen LogP) is 5.50. The van der Waals surface area contributed by atoms with Gasteiger partial charge < -0.3 is 0 Å². The van der Waals surface area contributed by atoms with Gasteiger partial charge in [-0.2, -0.15) is 0 Å². The van der Waals surface area contributed by atoms with Crippen molar-refractivity contribution < 1.29 is 26.3 Å². The van der Waals surface area contributed by atoms with Gasteiger partial charge in [-0.05, 0) is 92.7 Å². The third-order valence-electron chi connectivity index (χ3n) is 4.02. The molecule has 0 N–H and O–H groups in total. The zero-order chi connectivity index (χ0) is 18.9. The normalized spacial score (nSPS) is 16.5. The van der Waals surface area contributed by atoms with Crippen LogP contribution < -0.4 is 0 Å². The molecule has 4 rings (SSSR count). The van der Waals surface area contributed by atoms with Crippen LogP contribution in [0.4, 0.5) is 4.39 Å². The first-order valence-corrected chi connectivity index (χ1v) is 8.69. The number of carbonyl (C=O) groups excluding carboxylic acids is 1. The Labute approximate surface area is 178 Å².